The van der Waals surface area contributed by atoms with Gasteiger partial charge in [-0.3, -0.25) is 4.98 Å². The number of hydrogen-bond donors (Lipinski definition) is 2. The molecule has 0 saturated carbocycles. The van der Waals surface area contributed by atoms with E-state index in [0.717, 1.165) is 5.69 Å². The summed E-state index contributed by atoms with van der Waals surface area (Å²) >= 11 is 0. The summed E-state index contributed by atoms with van der Waals surface area (Å²) in [6.07, 6.45) is 2.63. The van der Waals surface area contributed by atoms with Crippen molar-refractivity contribution < 1.29 is 5.11 Å². The third-order valence-electron chi connectivity index (χ3n) is 2.08. The fraction of sp³-hybridized carbons (Fsp3) is 0.500. The minimum absolute atomic E-state index is 0.208. The molecule has 1 heterocycles. The van der Waals surface area contributed by atoms with Crippen LogP contribution in [-0.4, -0.2) is 22.2 Å². The Bertz CT molecular complexity index is 238. The smallest absolute Gasteiger partial charge is 0.0692 e. The first-order valence-electron chi connectivity index (χ1n) is 4.57. The molecule has 0 aliphatic rings. The number of rotatable bonds is 4. The fourth-order valence-electron chi connectivity index (χ4n) is 1.20. The van der Waals surface area contributed by atoms with E-state index in [2.05, 4.69) is 4.98 Å². The predicted octanol–water partition coefficient (Wildman–Crippen LogP) is 0.722. The molecule has 0 saturated heterocycles. The molecule has 0 spiro atoms. The molecule has 0 amide bonds. The van der Waals surface area contributed by atoms with Crippen LogP contribution in [0.2, 0.25) is 0 Å². The summed E-state index contributed by atoms with van der Waals surface area (Å²) in [5.41, 5.74) is 6.70. The van der Waals surface area contributed by atoms with Crippen LogP contribution >= 0.6 is 0 Å². The number of pyridine rings is 1. The van der Waals surface area contributed by atoms with Gasteiger partial charge in [0, 0.05) is 24.4 Å². The Hall–Kier alpha value is -0.930. The summed E-state index contributed by atoms with van der Waals surface area (Å²) in [6, 6.07) is 5.50. The van der Waals surface area contributed by atoms with Crippen molar-refractivity contribution in [3.8, 4) is 0 Å². The van der Waals surface area contributed by atoms with Gasteiger partial charge in [0.05, 0.1) is 6.10 Å². The topological polar surface area (TPSA) is 59.1 Å². The van der Waals surface area contributed by atoms with Gasteiger partial charge in [0.25, 0.3) is 0 Å². The first kappa shape index (κ1) is 10.2. The second-order valence-corrected chi connectivity index (χ2v) is 3.16. The fourth-order valence-corrected chi connectivity index (χ4v) is 1.20. The molecule has 0 fully saturated rings. The maximum absolute atomic E-state index is 9.43. The molecule has 0 bridgehead atoms. The Morgan fingerprint density at radius 3 is 2.85 bits per heavy atom. The number of nitrogens with zero attached hydrogens (tertiary/aromatic N) is 1. The molecule has 2 atom stereocenters. The van der Waals surface area contributed by atoms with Crippen LogP contribution in [0.4, 0.5) is 0 Å². The van der Waals surface area contributed by atoms with Crippen LogP contribution in [0.1, 0.15) is 19.0 Å². The van der Waals surface area contributed by atoms with Crippen molar-refractivity contribution >= 4 is 0 Å². The van der Waals surface area contributed by atoms with Crippen molar-refractivity contribution in [2.24, 2.45) is 5.73 Å². The molecule has 0 aliphatic carbocycles. The standard InChI is InChI=1S/C10H16N2O/c1-2-10(13)9(11)7-8-5-3-4-6-12-8/h3-6,9-10,13H,2,7,11H2,1H3. The lowest BCUT2D eigenvalue weighted by atomic mass is 10.0. The Kier molecular flexibility index (Phi) is 3.86. The van der Waals surface area contributed by atoms with E-state index in [4.69, 9.17) is 5.73 Å². The SMILES string of the molecule is CCC(O)C(N)Cc1ccccn1. The second-order valence-electron chi connectivity index (χ2n) is 3.16. The molecule has 13 heavy (non-hydrogen) atoms. The zero-order valence-corrected chi connectivity index (χ0v) is 7.85. The highest BCUT2D eigenvalue weighted by Crippen LogP contribution is 2.03. The molecule has 1 aromatic heterocycles. The van der Waals surface area contributed by atoms with Crippen molar-refractivity contribution in [1.82, 2.24) is 4.98 Å². The van der Waals surface area contributed by atoms with E-state index < -0.39 is 6.10 Å². The van der Waals surface area contributed by atoms with Crippen molar-refractivity contribution in [2.45, 2.75) is 31.9 Å². The van der Waals surface area contributed by atoms with E-state index in [9.17, 15) is 5.11 Å². The summed E-state index contributed by atoms with van der Waals surface area (Å²) in [5.74, 6) is 0. The van der Waals surface area contributed by atoms with Gasteiger partial charge in [-0.15, -0.1) is 0 Å². The molecule has 0 aromatic carbocycles. The normalized spacial score (nSPS) is 15.3. The first-order chi connectivity index (χ1) is 6.24. The van der Waals surface area contributed by atoms with Gasteiger partial charge in [0.1, 0.15) is 0 Å². The molecule has 3 nitrogen and oxygen atoms in total. The molecule has 3 N–H and O–H groups in total. The first-order valence-corrected chi connectivity index (χ1v) is 4.57. The van der Waals surface area contributed by atoms with E-state index in [-0.39, 0.29) is 6.04 Å². The summed E-state index contributed by atoms with van der Waals surface area (Å²) in [7, 11) is 0. The molecule has 2 unspecified atom stereocenters. The van der Waals surface area contributed by atoms with Gasteiger partial charge in [0.2, 0.25) is 0 Å². The number of nitrogens with two attached hydrogens (primary N) is 1. The van der Waals surface area contributed by atoms with Crippen LogP contribution in [0.5, 0.6) is 0 Å². The Labute approximate surface area is 78.6 Å². The summed E-state index contributed by atoms with van der Waals surface area (Å²) < 4.78 is 0. The van der Waals surface area contributed by atoms with E-state index >= 15 is 0 Å². The van der Waals surface area contributed by atoms with Crippen LogP contribution in [0.25, 0.3) is 0 Å². The van der Waals surface area contributed by atoms with E-state index in [1.54, 1.807) is 6.20 Å². The third kappa shape index (κ3) is 3.13. The molecular formula is C10H16N2O. The minimum atomic E-state index is -0.429. The average molecular weight is 180 g/mol. The van der Waals surface area contributed by atoms with Gasteiger partial charge < -0.3 is 10.8 Å². The molecule has 0 aliphatic heterocycles. The highest BCUT2D eigenvalue weighted by Gasteiger charge is 2.12. The molecule has 1 aromatic rings. The lowest BCUT2D eigenvalue weighted by Crippen LogP contribution is -2.36. The lowest BCUT2D eigenvalue weighted by Gasteiger charge is -2.16. The van der Waals surface area contributed by atoms with Gasteiger partial charge in [-0.1, -0.05) is 13.0 Å². The van der Waals surface area contributed by atoms with E-state index in [1.807, 2.05) is 25.1 Å². The molecule has 72 valence electrons. The second kappa shape index (κ2) is 4.94. The minimum Gasteiger partial charge on any atom is -0.392 e. The van der Waals surface area contributed by atoms with Gasteiger partial charge in [-0.2, -0.15) is 0 Å². The largest absolute Gasteiger partial charge is 0.392 e. The van der Waals surface area contributed by atoms with E-state index in [0.29, 0.717) is 12.8 Å². The number of aliphatic hydroxyl groups excluding tert-OH is 1. The monoisotopic (exact) mass is 180 g/mol. The van der Waals surface area contributed by atoms with Crippen molar-refractivity contribution in [3.05, 3.63) is 30.1 Å². The van der Waals surface area contributed by atoms with Gasteiger partial charge in [0.15, 0.2) is 0 Å². The molecule has 0 radical (unpaired) electrons. The van der Waals surface area contributed by atoms with E-state index in [1.165, 1.54) is 0 Å². The van der Waals surface area contributed by atoms with Gasteiger partial charge >= 0.3 is 0 Å². The summed E-state index contributed by atoms with van der Waals surface area (Å²) in [6.45, 7) is 1.92. The van der Waals surface area contributed by atoms with Gasteiger partial charge in [-0.25, -0.2) is 0 Å². The zero-order chi connectivity index (χ0) is 9.68. The number of aliphatic hydroxyl groups is 1. The summed E-state index contributed by atoms with van der Waals surface area (Å²) in [5, 5.41) is 9.43. The molecule has 1 rings (SSSR count). The van der Waals surface area contributed by atoms with Crippen LogP contribution in [0, 0.1) is 0 Å². The highest BCUT2D eigenvalue weighted by atomic mass is 16.3. The Morgan fingerprint density at radius 2 is 2.31 bits per heavy atom. The summed E-state index contributed by atoms with van der Waals surface area (Å²) in [4.78, 5) is 4.14. The van der Waals surface area contributed by atoms with Gasteiger partial charge in [-0.05, 0) is 18.6 Å². The third-order valence-corrected chi connectivity index (χ3v) is 2.08. The van der Waals surface area contributed by atoms with Crippen LogP contribution in [0.3, 0.4) is 0 Å². The average Bonchev–Trinajstić information content (AvgIpc) is 2.18. The Balaban J connectivity index is 2.50. The molecular weight excluding hydrogens is 164 g/mol. The maximum Gasteiger partial charge on any atom is 0.0692 e. The number of aromatic nitrogens is 1. The van der Waals surface area contributed by atoms with Crippen molar-refractivity contribution in [3.63, 3.8) is 0 Å². The zero-order valence-electron chi connectivity index (χ0n) is 7.85. The van der Waals surface area contributed by atoms with Crippen molar-refractivity contribution in [1.29, 1.82) is 0 Å². The van der Waals surface area contributed by atoms with Crippen LogP contribution in [-0.2, 0) is 6.42 Å². The Morgan fingerprint density at radius 1 is 1.54 bits per heavy atom. The van der Waals surface area contributed by atoms with Crippen LogP contribution < -0.4 is 5.73 Å². The predicted molar refractivity (Wildman–Crippen MR) is 52.2 cm³/mol. The molecule has 3 heteroatoms. The quantitative estimate of drug-likeness (QED) is 0.718. The van der Waals surface area contributed by atoms with Crippen molar-refractivity contribution in [2.75, 3.05) is 0 Å². The highest BCUT2D eigenvalue weighted by molar-refractivity contribution is 5.05. The van der Waals surface area contributed by atoms with Crippen LogP contribution in [0.15, 0.2) is 24.4 Å². The number of hydrogen-bond acceptors (Lipinski definition) is 3. The maximum atomic E-state index is 9.43. The lowest BCUT2D eigenvalue weighted by molar-refractivity contribution is 0.139.